The van der Waals surface area contributed by atoms with Gasteiger partial charge in [0.05, 0.1) is 22.8 Å². The number of aromatic hydroxyl groups is 1. The zero-order chi connectivity index (χ0) is 33.5. The molecule has 0 radical (unpaired) electrons. The first-order valence-electron chi connectivity index (χ1n) is 17.0. The Morgan fingerprint density at radius 1 is 0.800 bits per heavy atom. The Labute approximate surface area is 273 Å². The Morgan fingerprint density at radius 2 is 1.33 bits per heavy atom. The lowest BCUT2D eigenvalue weighted by molar-refractivity contribution is 0.0696. The fourth-order valence-corrected chi connectivity index (χ4v) is 7.31. The van der Waals surface area contributed by atoms with Crippen LogP contribution in [0, 0.1) is 5.41 Å². The predicted molar refractivity (Wildman–Crippen MR) is 185 cm³/mol. The fraction of sp³-hybridized carbons (Fsp3) is 0.649. The van der Waals surface area contributed by atoms with E-state index in [1.807, 2.05) is 0 Å². The minimum Gasteiger partial charge on any atom is -0.506 e. The standard InChI is InChI=1S/C37H59NO6S/c1-7-8-9-10-11-12-13-14-15-16-17-18-19-20-24-44-34-27-32(33(39)26-31(34)37(5,6)28-36(2,3)4)38-45(42,43)30-23-21-22-29(25-30)35(40)41/h21-23,25-27,38-39H,7-20,24,28H2,1-6H3,(H,40,41). The van der Waals surface area contributed by atoms with Crippen LogP contribution in [0.25, 0.3) is 0 Å². The zero-order valence-electron chi connectivity index (χ0n) is 28.7. The van der Waals surface area contributed by atoms with Crippen LogP contribution in [0.5, 0.6) is 11.5 Å². The van der Waals surface area contributed by atoms with E-state index < -0.39 is 16.0 Å². The van der Waals surface area contributed by atoms with Gasteiger partial charge in [0, 0.05) is 11.6 Å². The molecule has 2 aromatic carbocycles. The van der Waals surface area contributed by atoms with Crippen LogP contribution in [0.15, 0.2) is 41.3 Å². The molecular weight excluding hydrogens is 586 g/mol. The lowest BCUT2D eigenvalue weighted by Crippen LogP contribution is -2.26. The van der Waals surface area contributed by atoms with Crippen LogP contribution in [0.1, 0.15) is 154 Å². The molecular formula is C37H59NO6S. The Hall–Kier alpha value is -2.74. The number of anilines is 1. The smallest absolute Gasteiger partial charge is 0.335 e. The second kappa shape index (κ2) is 18.4. The first kappa shape index (κ1) is 38.4. The van der Waals surface area contributed by atoms with Crippen molar-refractivity contribution in [2.75, 3.05) is 11.3 Å². The van der Waals surface area contributed by atoms with E-state index in [4.69, 9.17) is 4.74 Å². The van der Waals surface area contributed by atoms with E-state index >= 15 is 0 Å². The molecule has 0 aliphatic heterocycles. The van der Waals surface area contributed by atoms with Crippen molar-refractivity contribution >= 4 is 21.7 Å². The van der Waals surface area contributed by atoms with E-state index in [1.54, 1.807) is 12.1 Å². The summed E-state index contributed by atoms with van der Waals surface area (Å²) in [5.74, 6) is -0.901. The van der Waals surface area contributed by atoms with Gasteiger partial charge in [-0.3, -0.25) is 4.72 Å². The minimum atomic E-state index is -4.17. The number of aromatic carboxylic acids is 1. The van der Waals surface area contributed by atoms with E-state index in [1.165, 1.54) is 95.2 Å². The average Bonchev–Trinajstić information content (AvgIpc) is 2.95. The average molecular weight is 646 g/mol. The topological polar surface area (TPSA) is 113 Å². The van der Waals surface area contributed by atoms with Gasteiger partial charge in [0.2, 0.25) is 0 Å². The number of carboxylic acids is 1. The largest absolute Gasteiger partial charge is 0.506 e. The number of hydrogen-bond acceptors (Lipinski definition) is 5. The van der Waals surface area contributed by atoms with Gasteiger partial charge in [-0.1, -0.05) is 131 Å². The summed E-state index contributed by atoms with van der Waals surface area (Å²) in [5.41, 5.74) is 0.325. The molecule has 254 valence electrons. The number of benzene rings is 2. The summed E-state index contributed by atoms with van der Waals surface area (Å²) in [4.78, 5) is 11.2. The number of unbranched alkanes of at least 4 members (excludes halogenated alkanes) is 13. The SMILES string of the molecule is CCCCCCCCCCCCCCCCOc1cc(NS(=O)(=O)c2cccc(C(=O)O)c2)c(O)cc1C(C)(C)CC(C)(C)C. The van der Waals surface area contributed by atoms with E-state index in [-0.39, 0.29) is 32.7 Å². The van der Waals surface area contributed by atoms with E-state index in [0.29, 0.717) is 12.4 Å². The highest BCUT2D eigenvalue weighted by atomic mass is 32.2. The molecule has 0 unspecified atom stereocenters. The highest BCUT2D eigenvalue weighted by Gasteiger charge is 2.31. The molecule has 2 rings (SSSR count). The molecule has 0 saturated carbocycles. The van der Waals surface area contributed by atoms with Gasteiger partial charge in [-0.05, 0) is 47.9 Å². The Balaban J connectivity index is 2.01. The molecule has 3 N–H and O–H groups in total. The number of rotatable bonds is 22. The van der Waals surface area contributed by atoms with Gasteiger partial charge in [0.25, 0.3) is 10.0 Å². The van der Waals surface area contributed by atoms with Gasteiger partial charge in [-0.2, -0.15) is 0 Å². The normalized spacial score (nSPS) is 12.3. The summed E-state index contributed by atoms with van der Waals surface area (Å²) in [6.07, 6.45) is 18.6. The molecule has 7 nitrogen and oxygen atoms in total. The van der Waals surface area contributed by atoms with Crippen molar-refractivity contribution in [3.63, 3.8) is 0 Å². The number of sulfonamides is 1. The van der Waals surface area contributed by atoms with E-state index in [0.717, 1.165) is 30.9 Å². The number of carboxylic acid groups (broad SMARTS) is 1. The summed E-state index contributed by atoms with van der Waals surface area (Å²) in [6.45, 7) is 13.5. The Kier molecular flexibility index (Phi) is 15.7. The van der Waals surface area contributed by atoms with Crippen molar-refractivity contribution in [1.82, 2.24) is 0 Å². The van der Waals surface area contributed by atoms with Crippen LogP contribution in [-0.4, -0.2) is 31.2 Å². The third-order valence-electron chi connectivity index (χ3n) is 8.19. The summed E-state index contributed by atoms with van der Waals surface area (Å²) < 4.78 is 35.0. The van der Waals surface area contributed by atoms with Crippen molar-refractivity contribution in [1.29, 1.82) is 0 Å². The monoisotopic (exact) mass is 645 g/mol. The first-order chi connectivity index (χ1) is 21.2. The molecule has 0 aliphatic rings. The van der Waals surface area contributed by atoms with Crippen molar-refractivity contribution in [2.24, 2.45) is 5.41 Å². The molecule has 0 amide bonds. The molecule has 0 atom stereocenters. The molecule has 0 heterocycles. The third-order valence-corrected chi connectivity index (χ3v) is 9.55. The summed E-state index contributed by atoms with van der Waals surface area (Å²) in [7, 11) is -4.17. The molecule has 2 aromatic rings. The van der Waals surface area contributed by atoms with Gasteiger partial charge >= 0.3 is 5.97 Å². The van der Waals surface area contributed by atoms with Crippen LogP contribution in [0.4, 0.5) is 5.69 Å². The zero-order valence-corrected chi connectivity index (χ0v) is 29.5. The van der Waals surface area contributed by atoms with E-state index in [9.17, 15) is 23.4 Å². The summed E-state index contributed by atoms with van der Waals surface area (Å²) in [5, 5.41) is 20.2. The highest BCUT2D eigenvalue weighted by molar-refractivity contribution is 7.92. The van der Waals surface area contributed by atoms with Crippen molar-refractivity contribution in [3.05, 3.63) is 47.5 Å². The lowest BCUT2D eigenvalue weighted by atomic mass is 9.72. The quantitative estimate of drug-likeness (QED) is 0.0867. The van der Waals surface area contributed by atoms with Gasteiger partial charge in [0.1, 0.15) is 11.5 Å². The first-order valence-corrected chi connectivity index (χ1v) is 18.5. The maximum Gasteiger partial charge on any atom is 0.335 e. The van der Waals surface area contributed by atoms with Crippen LogP contribution in [0.3, 0.4) is 0 Å². The second-order valence-electron chi connectivity index (χ2n) is 14.4. The van der Waals surface area contributed by atoms with Crippen molar-refractivity contribution < 1.29 is 28.2 Å². The second-order valence-corrected chi connectivity index (χ2v) is 16.1. The van der Waals surface area contributed by atoms with Gasteiger partial charge in [0.15, 0.2) is 0 Å². The van der Waals surface area contributed by atoms with E-state index in [2.05, 4.69) is 46.3 Å². The summed E-state index contributed by atoms with van der Waals surface area (Å²) >= 11 is 0. The highest BCUT2D eigenvalue weighted by Crippen LogP contribution is 2.44. The van der Waals surface area contributed by atoms with Gasteiger partial charge in [-0.15, -0.1) is 0 Å². The lowest BCUT2D eigenvalue weighted by Gasteiger charge is -2.34. The fourth-order valence-electron chi connectivity index (χ4n) is 6.20. The van der Waals surface area contributed by atoms with Gasteiger partial charge < -0.3 is 14.9 Å². The Bertz CT molecular complexity index is 1300. The third kappa shape index (κ3) is 14.1. The molecule has 0 saturated heterocycles. The number of phenols is 1. The number of carbonyl (C=O) groups is 1. The molecule has 0 aromatic heterocycles. The van der Waals surface area contributed by atoms with Crippen molar-refractivity contribution in [3.8, 4) is 11.5 Å². The van der Waals surface area contributed by atoms with Crippen molar-refractivity contribution in [2.45, 2.75) is 148 Å². The number of ether oxygens (including phenoxy) is 1. The summed E-state index contributed by atoms with van der Waals surface area (Å²) in [6, 6.07) is 8.26. The van der Waals surface area contributed by atoms with Gasteiger partial charge in [-0.25, -0.2) is 13.2 Å². The molecule has 0 aliphatic carbocycles. The number of nitrogens with one attached hydrogen (secondary N) is 1. The molecule has 0 fully saturated rings. The Morgan fingerprint density at radius 3 is 1.84 bits per heavy atom. The number of phenolic OH excluding ortho intramolecular Hbond substituents is 1. The van der Waals surface area contributed by atoms with Crippen LogP contribution < -0.4 is 9.46 Å². The maximum absolute atomic E-state index is 13.2. The predicted octanol–water partition coefficient (Wildman–Crippen LogP) is 10.5. The molecule has 0 bridgehead atoms. The maximum atomic E-state index is 13.2. The molecule has 8 heteroatoms. The minimum absolute atomic E-state index is 0.0120. The molecule has 45 heavy (non-hydrogen) atoms. The van der Waals surface area contributed by atoms with Crippen LogP contribution >= 0.6 is 0 Å². The molecule has 0 spiro atoms. The number of hydrogen-bond donors (Lipinski definition) is 3. The van der Waals surface area contributed by atoms with Crippen LogP contribution in [-0.2, 0) is 15.4 Å². The van der Waals surface area contributed by atoms with Crippen LogP contribution in [0.2, 0.25) is 0 Å².